The number of methoxy groups -OCH3 is 1. The van der Waals surface area contributed by atoms with Crippen LogP contribution in [0.15, 0.2) is 18.2 Å². The summed E-state index contributed by atoms with van der Waals surface area (Å²) < 4.78 is 5.56. The van der Waals surface area contributed by atoms with Crippen molar-refractivity contribution in [1.29, 1.82) is 0 Å². The van der Waals surface area contributed by atoms with Gasteiger partial charge in [0.1, 0.15) is 5.75 Å². The Balaban J connectivity index is 2.59. The number of hydrogen-bond donors (Lipinski definition) is 0. The van der Waals surface area contributed by atoms with E-state index < -0.39 is 0 Å². The summed E-state index contributed by atoms with van der Waals surface area (Å²) in [6, 6.07) is 6.48. The number of ether oxygens (including phenoxy) is 1. The van der Waals surface area contributed by atoms with Gasteiger partial charge in [-0.05, 0) is 42.2 Å². The lowest BCUT2D eigenvalue weighted by molar-refractivity contribution is 0.275. The van der Waals surface area contributed by atoms with Gasteiger partial charge in [0.2, 0.25) is 0 Å². The third-order valence-corrected chi connectivity index (χ3v) is 4.32. The van der Waals surface area contributed by atoms with Gasteiger partial charge < -0.3 is 4.74 Å². The van der Waals surface area contributed by atoms with Gasteiger partial charge in [-0.3, -0.25) is 0 Å². The van der Waals surface area contributed by atoms with Crippen molar-refractivity contribution in [2.24, 2.45) is 5.92 Å². The molecule has 1 aliphatic rings. The summed E-state index contributed by atoms with van der Waals surface area (Å²) in [5.74, 6) is 1.73. The minimum Gasteiger partial charge on any atom is -0.496 e. The van der Waals surface area contributed by atoms with Gasteiger partial charge in [-0.2, -0.15) is 0 Å². The topological polar surface area (TPSA) is 9.23 Å². The van der Waals surface area contributed by atoms with Crippen molar-refractivity contribution in [3.05, 3.63) is 29.3 Å². The van der Waals surface area contributed by atoms with Crippen LogP contribution in [-0.4, -0.2) is 7.11 Å². The summed E-state index contributed by atoms with van der Waals surface area (Å²) in [6.07, 6.45) is 3.78. The van der Waals surface area contributed by atoms with Gasteiger partial charge in [-0.25, -0.2) is 0 Å². The molecular formula is C15H22O. The minimum absolute atomic E-state index is 0.278. The quantitative estimate of drug-likeness (QED) is 0.730. The molecule has 0 aliphatic heterocycles. The van der Waals surface area contributed by atoms with Gasteiger partial charge in [0.05, 0.1) is 7.11 Å². The Bertz CT molecular complexity index is 367. The van der Waals surface area contributed by atoms with Crippen LogP contribution in [0.2, 0.25) is 0 Å². The van der Waals surface area contributed by atoms with Crippen molar-refractivity contribution in [1.82, 2.24) is 0 Å². The van der Waals surface area contributed by atoms with Crippen molar-refractivity contribution in [2.75, 3.05) is 7.11 Å². The third-order valence-electron chi connectivity index (χ3n) is 4.32. The van der Waals surface area contributed by atoms with E-state index in [1.54, 1.807) is 7.11 Å². The molecule has 1 aliphatic carbocycles. The first-order chi connectivity index (χ1) is 7.59. The molecule has 1 aromatic carbocycles. The zero-order valence-electron chi connectivity index (χ0n) is 10.8. The van der Waals surface area contributed by atoms with Gasteiger partial charge in [-0.1, -0.05) is 32.9 Å². The van der Waals surface area contributed by atoms with E-state index >= 15 is 0 Å². The van der Waals surface area contributed by atoms with Crippen molar-refractivity contribution >= 4 is 0 Å². The fraction of sp³-hybridized carbons (Fsp3) is 0.600. The van der Waals surface area contributed by atoms with E-state index in [9.17, 15) is 0 Å². The van der Waals surface area contributed by atoms with Crippen LogP contribution in [0.3, 0.4) is 0 Å². The van der Waals surface area contributed by atoms with Crippen LogP contribution in [0.1, 0.15) is 44.7 Å². The lowest BCUT2D eigenvalue weighted by atomic mass is 9.65. The maximum absolute atomic E-state index is 5.56. The number of aryl methyl sites for hydroxylation is 1. The molecule has 16 heavy (non-hydrogen) atoms. The Hall–Kier alpha value is -0.980. The summed E-state index contributed by atoms with van der Waals surface area (Å²) in [5.41, 5.74) is 3.22. The van der Waals surface area contributed by atoms with Gasteiger partial charge in [0.15, 0.2) is 0 Å². The molecule has 1 unspecified atom stereocenters. The molecule has 0 aromatic heterocycles. The lowest BCUT2D eigenvalue weighted by Crippen LogP contribution is -2.33. The molecule has 0 amide bonds. The van der Waals surface area contributed by atoms with Crippen LogP contribution in [0.25, 0.3) is 0 Å². The number of fused-ring (bicyclic) bond motifs is 1. The van der Waals surface area contributed by atoms with Gasteiger partial charge in [0, 0.05) is 5.56 Å². The maximum atomic E-state index is 5.56. The second kappa shape index (κ2) is 4.12. The minimum atomic E-state index is 0.278. The van der Waals surface area contributed by atoms with Crippen LogP contribution >= 0.6 is 0 Å². The fourth-order valence-electron chi connectivity index (χ4n) is 2.95. The summed E-state index contributed by atoms with van der Waals surface area (Å²) in [6.45, 7) is 7.03. The Morgan fingerprint density at radius 1 is 1.31 bits per heavy atom. The van der Waals surface area contributed by atoms with E-state index in [4.69, 9.17) is 4.74 Å². The number of hydrogen-bond acceptors (Lipinski definition) is 1. The highest BCUT2D eigenvalue weighted by molar-refractivity contribution is 5.47. The molecule has 0 fully saturated rings. The molecule has 1 atom stereocenters. The molecule has 0 saturated heterocycles. The highest BCUT2D eigenvalue weighted by atomic mass is 16.5. The lowest BCUT2D eigenvalue weighted by Gasteiger charge is -2.40. The van der Waals surface area contributed by atoms with E-state index in [0.717, 1.165) is 5.75 Å². The molecule has 1 heteroatoms. The van der Waals surface area contributed by atoms with Crippen LogP contribution < -0.4 is 4.74 Å². The molecule has 0 spiro atoms. The Morgan fingerprint density at radius 2 is 2.06 bits per heavy atom. The third kappa shape index (κ3) is 1.63. The average molecular weight is 218 g/mol. The molecule has 2 rings (SSSR count). The maximum Gasteiger partial charge on any atom is 0.122 e. The SMILES string of the molecule is COc1cccc2c1C(C)(C(C)C)CCC2. The van der Waals surface area contributed by atoms with E-state index in [0.29, 0.717) is 5.92 Å². The first kappa shape index (κ1) is 11.5. The zero-order valence-corrected chi connectivity index (χ0v) is 10.8. The first-order valence-corrected chi connectivity index (χ1v) is 6.26. The Labute approximate surface area is 98.8 Å². The van der Waals surface area contributed by atoms with Crippen LogP contribution in [0.4, 0.5) is 0 Å². The van der Waals surface area contributed by atoms with Gasteiger partial charge in [0.25, 0.3) is 0 Å². The van der Waals surface area contributed by atoms with E-state index in [-0.39, 0.29) is 5.41 Å². The standard InChI is InChI=1S/C15H22O/c1-11(2)15(3)10-6-8-12-7-5-9-13(16-4)14(12)15/h5,7,9,11H,6,8,10H2,1-4H3. The van der Waals surface area contributed by atoms with E-state index in [1.165, 1.54) is 30.4 Å². The molecule has 88 valence electrons. The second-order valence-electron chi connectivity index (χ2n) is 5.42. The van der Waals surface area contributed by atoms with E-state index in [1.807, 2.05) is 0 Å². The molecule has 0 N–H and O–H groups in total. The smallest absolute Gasteiger partial charge is 0.122 e. The van der Waals surface area contributed by atoms with Crippen molar-refractivity contribution in [2.45, 2.75) is 45.4 Å². The van der Waals surface area contributed by atoms with Crippen LogP contribution in [0.5, 0.6) is 5.75 Å². The molecule has 0 bridgehead atoms. The van der Waals surface area contributed by atoms with Gasteiger partial charge >= 0.3 is 0 Å². The van der Waals surface area contributed by atoms with Gasteiger partial charge in [-0.15, -0.1) is 0 Å². The summed E-state index contributed by atoms with van der Waals surface area (Å²) in [7, 11) is 1.78. The van der Waals surface area contributed by atoms with Crippen molar-refractivity contribution in [3.63, 3.8) is 0 Å². The molecule has 1 aromatic rings. The number of benzene rings is 1. The fourth-order valence-corrected chi connectivity index (χ4v) is 2.95. The normalized spacial score (nSPS) is 24.3. The summed E-state index contributed by atoms with van der Waals surface area (Å²) in [4.78, 5) is 0. The molecule has 0 heterocycles. The van der Waals surface area contributed by atoms with Crippen molar-refractivity contribution in [3.8, 4) is 5.75 Å². The zero-order chi connectivity index (χ0) is 11.8. The largest absolute Gasteiger partial charge is 0.496 e. The Kier molecular flexibility index (Phi) is 2.96. The Morgan fingerprint density at radius 3 is 2.69 bits per heavy atom. The van der Waals surface area contributed by atoms with E-state index in [2.05, 4.69) is 39.0 Å². The van der Waals surface area contributed by atoms with Crippen LogP contribution in [0, 0.1) is 5.92 Å². The second-order valence-corrected chi connectivity index (χ2v) is 5.42. The molecule has 1 nitrogen and oxygen atoms in total. The number of rotatable bonds is 2. The summed E-state index contributed by atoms with van der Waals surface area (Å²) in [5, 5.41) is 0. The highest BCUT2D eigenvalue weighted by Gasteiger charge is 2.37. The molecule has 0 saturated carbocycles. The molecule has 0 radical (unpaired) electrons. The monoisotopic (exact) mass is 218 g/mol. The first-order valence-electron chi connectivity index (χ1n) is 6.26. The highest BCUT2D eigenvalue weighted by Crippen LogP contribution is 2.46. The average Bonchev–Trinajstić information content (AvgIpc) is 2.28. The predicted octanol–water partition coefficient (Wildman–Crippen LogP) is 3.95. The summed E-state index contributed by atoms with van der Waals surface area (Å²) >= 11 is 0. The van der Waals surface area contributed by atoms with Crippen molar-refractivity contribution < 1.29 is 4.74 Å². The predicted molar refractivity (Wildman–Crippen MR) is 68.1 cm³/mol. The van der Waals surface area contributed by atoms with Crippen LogP contribution in [-0.2, 0) is 11.8 Å². The molecular weight excluding hydrogens is 196 g/mol.